The number of rotatable bonds is 7. The highest BCUT2D eigenvalue weighted by Gasteiger charge is 2.35. The third kappa shape index (κ3) is 3.96. The number of methoxy groups -OCH3 is 2. The maximum absolute atomic E-state index is 13.3. The molecule has 0 spiro atoms. The van der Waals surface area contributed by atoms with Crippen molar-refractivity contribution in [1.29, 1.82) is 0 Å². The molecule has 0 saturated heterocycles. The number of amides is 1. The Kier molecular flexibility index (Phi) is 5.72. The Hall–Kier alpha value is -2.20. The summed E-state index contributed by atoms with van der Waals surface area (Å²) in [5.74, 6) is 1.42. The molecule has 1 fully saturated rings. The highest BCUT2D eigenvalue weighted by atomic mass is 35.5. The molecule has 2 aromatic carbocycles. The minimum atomic E-state index is -0.0453. The van der Waals surface area contributed by atoms with Crippen LogP contribution in [0.3, 0.4) is 0 Å². The van der Waals surface area contributed by atoms with Crippen molar-refractivity contribution in [2.45, 2.75) is 32.4 Å². The third-order valence-electron chi connectivity index (χ3n) is 4.93. The van der Waals surface area contributed by atoms with Crippen LogP contribution in [0.2, 0.25) is 5.02 Å². The minimum absolute atomic E-state index is 0.0453. The first-order valence-electron chi connectivity index (χ1n) is 8.81. The number of ether oxygens (including phenoxy) is 2. The molecule has 5 heteroatoms. The number of hydrogen-bond acceptors (Lipinski definition) is 3. The quantitative estimate of drug-likeness (QED) is 0.699. The molecule has 1 unspecified atom stereocenters. The normalized spacial score (nSPS) is 14.6. The zero-order valence-corrected chi connectivity index (χ0v) is 16.1. The fraction of sp³-hybridized carbons (Fsp3) is 0.381. The van der Waals surface area contributed by atoms with Gasteiger partial charge in [0.2, 0.25) is 0 Å². The molecule has 1 aliphatic carbocycles. The standard InChI is InChI=1S/C21H24ClNO3/c1-14(16-9-10-16)23(13-15-7-5-4-6-8-15)21(24)17-11-18(22)20(26-3)19(12-17)25-2/h4-8,11-12,14,16H,9-10,13H2,1-3H3. The van der Waals surface area contributed by atoms with Crippen LogP contribution in [-0.2, 0) is 6.54 Å². The lowest BCUT2D eigenvalue weighted by molar-refractivity contribution is 0.0654. The van der Waals surface area contributed by atoms with E-state index in [1.54, 1.807) is 12.1 Å². The molecule has 26 heavy (non-hydrogen) atoms. The van der Waals surface area contributed by atoms with Crippen molar-refractivity contribution in [2.75, 3.05) is 14.2 Å². The van der Waals surface area contributed by atoms with E-state index in [0.717, 1.165) is 5.56 Å². The molecular weight excluding hydrogens is 350 g/mol. The number of carbonyl (C=O) groups is 1. The van der Waals surface area contributed by atoms with Gasteiger partial charge < -0.3 is 14.4 Å². The predicted molar refractivity (Wildman–Crippen MR) is 103 cm³/mol. The molecule has 1 saturated carbocycles. The van der Waals surface area contributed by atoms with Crippen LogP contribution in [0.25, 0.3) is 0 Å². The molecule has 1 amide bonds. The maximum atomic E-state index is 13.3. The summed E-state index contributed by atoms with van der Waals surface area (Å²) in [5, 5.41) is 0.369. The van der Waals surface area contributed by atoms with Crippen LogP contribution >= 0.6 is 11.6 Å². The van der Waals surface area contributed by atoms with Gasteiger partial charge in [0.15, 0.2) is 11.5 Å². The van der Waals surface area contributed by atoms with E-state index in [9.17, 15) is 4.79 Å². The number of hydrogen-bond donors (Lipinski definition) is 0. The van der Waals surface area contributed by atoms with E-state index >= 15 is 0 Å². The van der Waals surface area contributed by atoms with Gasteiger partial charge in [0.05, 0.1) is 19.2 Å². The van der Waals surface area contributed by atoms with Crippen LogP contribution in [0, 0.1) is 5.92 Å². The molecule has 1 aliphatic rings. The second kappa shape index (κ2) is 8.00. The predicted octanol–water partition coefficient (Wildman–Crippen LogP) is 4.80. The molecule has 3 rings (SSSR count). The SMILES string of the molecule is COc1cc(C(=O)N(Cc2ccccc2)C(C)C2CC2)cc(Cl)c1OC. The highest BCUT2D eigenvalue weighted by molar-refractivity contribution is 6.32. The average molecular weight is 374 g/mol. The molecule has 0 radical (unpaired) electrons. The summed E-state index contributed by atoms with van der Waals surface area (Å²) in [5.41, 5.74) is 1.62. The number of nitrogens with zero attached hydrogens (tertiary/aromatic N) is 1. The van der Waals surface area contributed by atoms with E-state index in [4.69, 9.17) is 21.1 Å². The topological polar surface area (TPSA) is 38.8 Å². The van der Waals surface area contributed by atoms with Gasteiger partial charge in [-0.15, -0.1) is 0 Å². The Bertz CT molecular complexity index is 774. The fourth-order valence-electron chi connectivity index (χ4n) is 3.22. The molecule has 0 N–H and O–H groups in total. The van der Waals surface area contributed by atoms with Gasteiger partial charge in [-0.3, -0.25) is 4.79 Å². The Balaban J connectivity index is 1.93. The van der Waals surface area contributed by atoms with Crippen molar-refractivity contribution in [2.24, 2.45) is 5.92 Å². The largest absolute Gasteiger partial charge is 0.493 e. The lowest BCUT2D eigenvalue weighted by atomic mass is 10.1. The van der Waals surface area contributed by atoms with Crippen molar-refractivity contribution in [3.05, 3.63) is 58.6 Å². The second-order valence-corrected chi connectivity index (χ2v) is 7.10. The van der Waals surface area contributed by atoms with Gasteiger partial charge in [0.1, 0.15) is 0 Å². The lowest BCUT2D eigenvalue weighted by Crippen LogP contribution is -2.39. The van der Waals surface area contributed by atoms with Gasteiger partial charge >= 0.3 is 0 Å². The van der Waals surface area contributed by atoms with E-state index in [-0.39, 0.29) is 11.9 Å². The lowest BCUT2D eigenvalue weighted by Gasteiger charge is -2.30. The van der Waals surface area contributed by atoms with Crippen molar-refractivity contribution >= 4 is 17.5 Å². The molecule has 4 nitrogen and oxygen atoms in total. The number of halogens is 1. The highest BCUT2D eigenvalue weighted by Crippen LogP contribution is 2.39. The Morgan fingerprint density at radius 2 is 1.88 bits per heavy atom. The summed E-state index contributed by atoms with van der Waals surface area (Å²) < 4.78 is 10.6. The monoisotopic (exact) mass is 373 g/mol. The van der Waals surface area contributed by atoms with E-state index in [0.29, 0.717) is 34.5 Å². The Morgan fingerprint density at radius 3 is 2.46 bits per heavy atom. The van der Waals surface area contributed by atoms with E-state index in [1.807, 2.05) is 35.2 Å². The molecule has 1 atom stereocenters. The number of benzene rings is 2. The van der Waals surface area contributed by atoms with Gasteiger partial charge in [-0.05, 0) is 43.4 Å². The summed E-state index contributed by atoms with van der Waals surface area (Å²) in [6.07, 6.45) is 2.35. The fourth-order valence-corrected chi connectivity index (χ4v) is 3.51. The molecule has 138 valence electrons. The Labute approximate surface area is 159 Å². The van der Waals surface area contributed by atoms with Crippen LogP contribution in [0.5, 0.6) is 11.5 Å². The third-order valence-corrected chi connectivity index (χ3v) is 5.21. The van der Waals surface area contributed by atoms with Gasteiger partial charge in [-0.25, -0.2) is 0 Å². The molecular formula is C21H24ClNO3. The first-order chi connectivity index (χ1) is 12.5. The summed E-state index contributed by atoms with van der Waals surface area (Å²) >= 11 is 6.30. The van der Waals surface area contributed by atoms with Gasteiger partial charge in [-0.1, -0.05) is 41.9 Å². The van der Waals surface area contributed by atoms with Crippen molar-refractivity contribution in [1.82, 2.24) is 4.90 Å². The summed E-state index contributed by atoms with van der Waals surface area (Å²) in [7, 11) is 3.07. The van der Waals surface area contributed by atoms with Crippen molar-refractivity contribution < 1.29 is 14.3 Å². The van der Waals surface area contributed by atoms with Gasteiger partial charge in [0.25, 0.3) is 5.91 Å². The van der Waals surface area contributed by atoms with E-state index in [1.165, 1.54) is 27.1 Å². The Morgan fingerprint density at radius 1 is 1.19 bits per heavy atom. The molecule has 0 aliphatic heterocycles. The minimum Gasteiger partial charge on any atom is -0.493 e. The summed E-state index contributed by atoms with van der Waals surface area (Å²) in [6.45, 7) is 2.70. The molecule has 0 heterocycles. The van der Waals surface area contributed by atoms with E-state index in [2.05, 4.69) is 6.92 Å². The van der Waals surface area contributed by atoms with Crippen LogP contribution in [0.4, 0.5) is 0 Å². The molecule has 0 bridgehead atoms. The van der Waals surface area contributed by atoms with Gasteiger partial charge in [-0.2, -0.15) is 0 Å². The zero-order chi connectivity index (χ0) is 18.7. The van der Waals surface area contributed by atoms with Gasteiger partial charge in [0, 0.05) is 18.2 Å². The average Bonchev–Trinajstić information content (AvgIpc) is 3.50. The van der Waals surface area contributed by atoms with E-state index < -0.39 is 0 Å². The molecule has 0 aromatic heterocycles. The molecule has 2 aromatic rings. The summed E-state index contributed by atoms with van der Waals surface area (Å²) in [4.78, 5) is 15.2. The smallest absolute Gasteiger partial charge is 0.254 e. The van der Waals surface area contributed by atoms with Crippen molar-refractivity contribution in [3.8, 4) is 11.5 Å². The second-order valence-electron chi connectivity index (χ2n) is 6.69. The maximum Gasteiger partial charge on any atom is 0.254 e. The first kappa shape index (κ1) is 18.6. The first-order valence-corrected chi connectivity index (χ1v) is 9.19. The van der Waals surface area contributed by atoms with Crippen molar-refractivity contribution in [3.63, 3.8) is 0 Å². The van der Waals surface area contributed by atoms with Crippen LogP contribution < -0.4 is 9.47 Å². The van der Waals surface area contributed by atoms with Crippen LogP contribution in [0.15, 0.2) is 42.5 Å². The summed E-state index contributed by atoms with van der Waals surface area (Å²) in [6, 6.07) is 13.6. The van der Waals surface area contributed by atoms with Crippen LogP contribution in [-0.4, -0.2) is 31.1 Å². The number of carbonyl (C=O) groups excluding carboxylic acids is 1. The van der Waals surface area contributed by atoms with Crippen LogP contribution in [0.1, 0.15) is 35.7 Å². The zero-order valence-electron chi connectivity index (χ0n) is 15.4.